The molecule has 0 spiro atoms. The summed E-state index contributed by atoms with van der Waals surface area (Å²) in [5.41, 5.74) is 4.85. The number of fused-ring (bicyclic) bond motifs is 1. The molecule has 0 atom stereocenters. The summed E-state index contributed by atoms with van der Waals surface area (Å²) in [6.45, 7) is 4.11. The number of aromatic nitrogens is 1. The molecule has 0 saturated heterocycles. The van der Waals surface area contributed by atoms with Crippen molar-refractivity contribution in [1.82, 2.24) is 9.88 Å². The minimum Gasteiger partial charge on any atom is -0.489 e. The van der Waals surface area contributed by atoms with Gasteiger partial charge < -0.3 is 9.84 Å². The molecule has 3 aromatic rings. The van der Waals surface area contributed by atoms with E-state index in [9.17, 15) is 18.0 Å². The predicted octanol–water partition coefficient (Wildman–Crippen LogP) is 5.49. The first-order valence-electron chi connectivity index (χ1n) is 11.0. The third kappa shape index (κ3) is 5.75. The fraction of sp³-hybridized carbons (Fsp3) is 0.308. The maximum Gasteiger partial charge on any atom is 0.416 e. The summed E-state index contributed by atoms with van der Waals surface area (Å²) in [4.78, 5) is 17.8. The second kappa shape index (κ2) is 9.85. The van der Waals surface area contributed by atoms with Crippen molar-refractivity contribution in [1.29, 1.82) is 0 Å². The molecule has 2 heterocycles. The average Bonchev–Trinajstić information content (AvgIpc) is 2.81. The molecule has 0 amide bonds. The number of benzene rings is 2. The Morgan fingerprint density at radius 2 is 1.88 bits per heavy atom. The molecule has 178 valence electrons. The molecule has 0 fully saturated rings. The van der Waals surface area contributed by atoms with Crippen molar-refractivity contribution in [3.63, 3.8) is 0 Å². The minimum absolute atomic E-state index is 0.132. The third-order valence-corrected chi connectivity index (χ3v) is 5.92. The Morgan fingerprint density at radius 3 is 2.56 bits per heavy atom. The number of pyridine rings is 1. The van der Waals surface area contributed by atoms with E-state index in [0.29, 0.717) is 24.4 Å². The number of alkyl halides is 3. The molecular weight excluding hydrogens is 445 g/mol. The van der Waals surface area contributed by atoms with Gasteiger partial charge in [0.25, 0.3) is 0 Å². The van der Waals surface area contributed by atoms with Crippen LogP contribution in [0.2, 0.25) is 0 Å². The number of ether oxygens (including phenoxy) is 1. The summed E-state index contributed by atoms with van der Waals surface area (Å²) >= 11 is 0. The molecule has 1 aromatic heterocycles. The molecule has 0 bridgehead atoms. The number of carboxylic acids is 1. The summed E-state index contributed by atoms with van der Waals surface area (Å²) in [6.07, 6.45) is -3.44. The summed E-state index contributed by atoms with van der Waals surface area (Å²) < 4.78 is 44.0. The highest BCUT2D eigenvalue weighted by molar-refractivity contribution is 5.67. The van der Waals surface area contributed by atoms with Crippen molar-refractivity contribution in [2.45, 2.75) is 39.1 Å². The number of nitrogens with zero attached hydrogens (tertiary/aromatic N) is 2. The standard InChI is InChI=1S/C26H25F3N2O3/c1-17-14-19(5-9-24(17)34-16-18-2-6-21(7-3-18)26(27,28)29)22-8-4-20-15-31(13-11-25(32)33)12-10-23(20)30-22/h2-9,14H,10-13,15-16H2,1H3,(H,32,33). The van der Waals surface area contributed by atoms with E-state index in [4.69, 9.17) is 14.8 Å². The highest BCUT2D eigenvalue weighted by Crippen LogP contribution is 2.30. The highest BCUT2D eigenvalue weighted by Gasteiger charge is 2.29. The predicted molar refractivity (Wildman–Crippen MR) is 121 cm³/mol. The van der Waals surface area contributed by atoms with E-state index in [2.05, 4.69) is 11.0 Å². The van der Waals surface area contributed by atoms with Gasteiger partial charge in [-0.15, -0.1) is 0 Å². The van der Waals surface area contributed by atoms with Crippen LogP contribution in [0.3, 0.4) is 0 Å². The Kier molecular flexibility index (Phi) is 6.88. The van der Waals surface area contributed by atoms with Crippen LogP contribution in [0.4, 0.5) is 13.2 Å². The molecule has 1 N–H and O–H groups in total. The van der Waals surface area contributed by atoms with Gasteiger partial charge >= 0.3 is 12.1 Å². The molecular formula is C26H25F3N2O3. The van der Waals surface area contributed by atoms with Crippen molar-refractivity contribution in [2.24, 2.45) is 0 Å². The Labute approximate surface area is 195 Å². The molecule has 5 nitrogen and oxygen atoms in total. The normalized spacial score (nSPS) is 14.0. The van der Waals surface area contributed by atoms with Crippen LogP contribution in [0, 0.1) is 6.92 Å². The Bertz CT molecular complexity index is 1180. The van der Waals surface area contributed by atoms with Crippen LogP contribution in [0.25, 0.3) is 11.3 Å². The number of hydrogen-bond donors (Lipinski definition) is 1. The van der Waals surface area contributed by atoms with Gasteiger partial charge in [-0.25, -0.2) is 0 Å². The largest absolute Gasteiger partial charge is 0.489 e. The molecule has 0 radical (unpaired) electrons. The average molecular weight is 470 g/mol. The smallest absolute Gasteiger partial charge is 0.416 e. The molecule has 0 aliphatic carbocycles. The number of rotatable bonds is 7. The van der Waals surface area contributed by atoms with Crippen molar-refractivity contribution in [3.05, 3.63) is 82.5 Å². The number of carbonyl (C=O) groups is 1. The second-order valence-electron chi connectivity index (χ2n) is 8.44. The third-order valence-electron chi connectivity index (χ3n) is 5.92. The van der Waals surface area contributed by atoms with Crippen LogP contribution in [-0.2, 0) is 30.5 Å². The monoisotopic (exact) mass is 470 g/mol. The van der Waals surface area contributed by atoms with Crippen LogP contribution in [0.15, 0.2) is 54.6 Å². The van der Waals surface area contributed by atoms with Crippen molar-refractivity contribution in [2.75, 3.05) is 13.1 Å². The summed E-state index contributed by atoms with van der Waals surface area (Å²) in [5.74, 6) is -0.128. The lowest BCUT2D eigenvalue weighted by Gasteiger charge is -2.27. The van der Waals surface area contributed by atoms with E-state index in [1.165, 1.54) is 12.1 Å². The van der Waals surface area contributed by atoms with Crippen molar-refractivity contribution >= 4 is 5.97 Å². The van der Waals surface area contributed by atoms with Crippen LogP contribution in [0.1, 0.15) is 34.4 Å². The Morgan fingerprint density at radius 1 is 1.12 bits per heavy atom. The zero-order valence-electron chi connectivity index (χ0n) is 18.7. The van der Waals surface area contributed by atoms with Crippen LogP contribution in [0.5, 0.6) is 5.75 Å². The lowest BCUT2D eigenvalue weighted by atomic mass is 10.0. The van der Waals surface area contributed by atoms with E-state index in [1.807, 2.05) is 31.2 Å². The second-order valence-corrected chi connectivity index (χ2v) is 8.44. The van der Waals surface area contributed by atoms with E-state index < -0.39 is 17.7 Å². The lowest BCUT2D eigenvalue weighted by Crippen LogP contribution is -2.32. The first kappa shape index (κ1) is 23.8. The lowest BCUT2D eigenvalue weighted by molar-refractivity contribution is -0.138. The van der Waals surface area contributed by atoms with Crippen molar-refractivity contribution < 1.29 is 27.8 Å². The van der Waals surface area contributed by atoms with E-state index >= 15 is 0 Å². The van der Waals surface area contributed by atoms with Crippen LogP contribution in [-0.4, -0.2) is 34.0 Å². The summed E-state index contributed by atoms with van der Waals surface area (Å²) in [7, 11) is 0. The topological polar surface area (TPSA) is 62.7 Å². The van der Waals surface area contributed by atoms with Gasteiger partial charge in [0.2, 0.25) is 0 Å². The molecule has 2 aromatic carbocycles. The number of hydrogen-bond acceptors (Lipinski definition) is 4. The number of halogens is 3. The fourth-order valence-electron chi connectivity index (χ4n) is 4.00. The first-order valence-corrected chi connectivity index (χ1v) is 11.0. The van der Waals surface area contributed by atoms with E-state index in [-0.39, 0.29) is 13.0 Å². The molecule has 1 aliphatic heterocycles. The fourth-order valence-corrected chi connectivity index (χ4v) is 4.00. The molecule has 8 heteroatoms. The van der Waals surface area contributed by atoms with Gasteiger partial charge in [0.05, 0.1) is 17.7 Å². The Balaban J connectivity index is 1.41. The van der Waals surface area contributed by atoms with Gasteiger partial charge in [-0.05, 0) is 60.0 Å². The Hall–Kier alpha value is -3.39. The number of aliphatic carboxylic acids is 1. The van der Waals surface area contributed by atoms with Gasteiger partial charge in [0, 0.05) is 37.3 Å². The molecule has 4 rings (SSSR count). The van der Waals surface area contributed by atoms with Gasteiger partial charge in [0.1, 0.15) is 12.4 Å². The highest BCUT2D eigenvalue weighted by atomic mass is 19.4. The van der Waals surface area contributed by atoms with E-state index in [0.717, 1.165) is 53.2 Å². The maximum absolute atomic E-state index is 12.7. The van der Waals surface area contributed by atoms with Crippen molar-refractivity contribution in [3.8, 4) is 17.0 Å². The molecule has 34 heavy (non-hydrogen) atoms. The SMILES string of the molecule is Cc1cc(-c2ccc3c(n2)CCN(CCC(=O)O)C3)ccc1OCc1ccc(C(F)(F)F)cc1. The quantitative estimate of drug-likeness (QED) is 0.495. The summed E-state index contributed by atoms with van der Waals surface area (Å²) in [6, 6.07) is 14.7. The zero-order chi connectivity index (χ0) is 24.3. The molecule has 0 saturated carbocycles. The maximum atomic E-state index is 12.7. The first-order chi connectivity index (χ1) is 16.2. The van der Waals surface area contributed by atoms with Gasteiger partial charge in [-0.1, -0.05) is 18.2 Å². The zero-order valence-corrected chi connectivity index (χ0v) is 18.7. The van der Waals surface area contributed by atoms with E-state index in [1.54, 1.807) is 0 Å². The van der Waals surface area contributed by atoms with Crippen LogP contribution >= 0.6 is 0 Å². The minimum atomic E-state index is -4.35. The van der Waals surface area contributed by atoms with Crippen LogP contribution < -0.4 is 4.74 Å². The number of aryl methyl sites for hydroxylation is 1. The van der Waals surface area contributed by atoms with Gasteiger partial charge in [0.15, 0.2) is 0 Å². The van der Waals surface area contributed by atoms with Gasteiger partial charge in [-0.3, -0.25) is 14.7 Å². The molecule has 1 aliphatic rings. The number of carboxylic acid groups (broad SMARTS) is 1. The molecule has 0 unspecified atom stereocenters. The summed E-state index contributed by atoms with van der Waals surface area (Å²) in [5, 5.41) is 8.89. The van der Waals surface area contributed by atoms with Gasteiger partial charge in [-0.2, -0.15) is 13.2 Å².